The van der Waals surface area contributed by atoms with Crippen LogP contribution in [0.3, 0.4) is 0 Å². The van der Waals surface area contributed by atoms with Gasteiger partial charge in [0.1, 0.15) is 5.75 Å². The van der Waals surface area contributed by atoms with E-state index in [4.69, 9.17) is 4.74 Å². The Hall–Kier alpha value is -1.77. The number of nitrogens with one attached hydrogen (secondary N) is 1. The molecule has 0 radical (unpaired) electrons. The molecule has 98 valence electrons. The average molecular weight is 247 g/mol. The van der Waals surface area contributed by atoms with E-state index < -0.39 is 0 Å². The van der Waals surface area contributed by atoms with E-state index in [2.05, 4.69) is 5.32 Å². The van der Waals surface area contributed by atoms with Crippen molar-refractivity contribution in [3.05, 3.63) is 41.5 Å². The van der Waals surface area contributed by atoms with Crippen LogP contribution in [-0.4, -0.2) is 19.6 Å². The van der Waals surface area contributed by atoms with Crippen LogP contribution in [0, 0.1) is 0 Å². The largest absolute Gasteiger partial charge is 0.497 e. The Balaban J connectivity index is 2.41. The maximum absolute atomic E-state index is 11.6. The van der Waals surface area contributed by atoms with Crippen molar-refractivity contribution >= 4 is 5.91 Å². The van der Waals surface area contributed by atoms with Crippen LogP contribution < -0.4 is 10.1 Å². The first-order chi connectivity index (χ1) is 8.67. The van der Waals surface area contributed by atoms with Crippen molar-refractivity contribution in [2.24, 2.45) is 0 Å². The summed E-state index contributed by atoms with van der Waals surface area (Å²) in [7, 11) is 1.65. The lowest BCUT2D eigenvalue weighted by Crippen LogP contribution is -2.26. The summed E-state index contributed by atoms with van der Waals surface area (Å²) in [6.45, 7) is 4.50. The third-order valence-corrected chi connectivity index (χ3v) is 2.70. The highest BCUT2D eigenvalue weighted by Gasteiger charge is 2.02. The smallest absolute Gasteiger partial charge is 0.246 e. The van der Waals surface area contributed by atoms with E-state index in [1.54, 1.807) is 7.11 Å². The van der Waals surface area contributed by atoms with Crippen molar-refractivity contribution in [2.45, 2.75) is 26.7 Å². The van der Waals surface area contributed by atoms with Gasteiger partial charge in [0, 0.05) is 12.1 Å². The molecule has 0 spiro atoms. The Labute approximate surface area is 109 Å². The van der Waals surface area contributed by atoms with Crippen molar-refractivity contribution in [1.29, 1.82) is 0 Å². The number of amides is 1. The molecule has 1 aromatic rings. The van der Waals surface area contributed by atoms with Gasteiger partial charge in [0.15, 0.2) is 0 Å². The molecule has 18 heavy (non-hydrogen) atoms. The third-order valence-electron chi connectivity index (χ3n) is 2.70. The van der Waals surface area contributed by atoms with Gasteiger partial charge < -0.3 is 10.1 Å². The van der Waals surface area contributed by atoms with Crippen LogP contribution in [0.1, 0.15) is 25.8 Å². The molecule has 1 N–H and O–H groups in total. The Morgan fingerprint density at radius 1 is 1.44 bits per heavy atom. The third kappa shape index (κ3) is 4.62. The van der Waals surface area contributed by atoms with E-state index in [1.807, 2.05) is 44.2 Å². The summed E-state index contributed by atoms with van der Waals surface area (Å²) in [5.74, 6) is 0.862. The highest BCUT2D eigenvalue weighted by Crippen LogP contribution is 2.12. The Bertz CT molecular complexity index is 424. The molecule has 1 aromatic carbocycles. The Morgan fingerprint density at radius 2 is 2.22 bits per heavy atom. The van der Waals surface area contributed by atoms with E-state index in [0.29, 0.717) is 6.54 Å². The van der Waals surface area contributed by atoms with E-state index >= 15 is 0 Å². The lowest BCUT2D eigenvalue weighted by atomic mass is 10.1. The highest BCUT2D eigenvalue weighted by atomic mass is 16.5. The van der Waals surface area contributed by atoms with E-state index in [1.165, 1.54) is 0 Å². The van der Waals surface area contributed by atoms with Gasteiger partial charge in [0.25, 0.3) is 0 Å². The number of ether oxygens (including phenoxy) is 1. The first-order valence-corrected chi connectivity index (χ1v) is 6.25. The van der Waals surface area contributed by atoms with E-state index in [-0.39, 0.29) is 5.91 Å². The minimum absolute atomic E-state index is 0.0137. The number of benzene rings is 1. The molecule has 0 aliphatic heterocycles. The molecule has 3 nitrogen and oxygen atoms in total. The van der Waals surface area contributed by atoms with Gasteiger partial charge in [-0.2, -0.15) is 0 Å². The number of methoxy groups -OCH3 is 1. The van der Waals surface area contributed by atoms with Crippen molar-refractivity contribution in [3.8, 4) is 5.75 Å². The predicted octanol–water partition coefficient (Wildman–Crippen LogP) is 2.71. The van der Waals surface area contributed by atoms with Gasteiger partial charge in [-0.25, -0.2) is 0 Å². The minimum Gasteiger partial charge on any atom is -0.497 e. The second-order valence-electron chi connectivity index (χ2n) is 4.15. The molecule has 0 aliphatic rings. The lowest BCUT2D eigenvalue weighted by Gasteiger charge is -2.07. The molecule has 0 atom stereocenters. The average Bonchev–Trinajstić information content (AvgIpc) is 2.39. The molecule has 0 unspecified atom stereocenters. The molecule has 1 amide bonds. The van der Waals surface area contributed by atoms with Gasteiger partial charge in [0.2, 0.25) is 5.91 Å². The zero-order chi connectivity index (χ0) is 13.4. The van der Waals surface area contributed by atoms with Crippen LogP contribution in [-0.2, 0) is 11.2 Å². The van der Waals surface area contributed by atoms with Crippen LogP contribution in [0.25, 0.3) is 0 Å². The van der Waals surface area contributed by atoms with Crippen LogP contribution in [0.2, 0.25) is 0 Å². The van der Waals surface area contributed by atoms with Crippen molar-refractivity contribution in [1.82, 2.24) is 5.32 Å². The maximum atomic E-state index is 11.6. The number of rotatable bonds is 6. The number of carbonyl (C=O) groups excluding carboxylic acids is 1. The SMILES string of the molecule is CCC=C(C)C(=O)NCCc1cccc(OC)c1. The Kier molecular flexibility index (Phi) is 5.98. The summed E-state index contributed by atoms with van der Waals surface area (Å²) in [5, 5.41) is 2.91. The summed E-state index contributed by atoms with van der Waals surface area (Å²) in [6.07, 6.45) is 3.62. The molecule has 0 heterocycles. The van der Waals surface area contributed by atoms with Gasteiger partial charge in [-0.3, -0.25) is 4.79 Å². The van der Waals surface area contributed by atoms with Gasteiger partial charge >= 0.3 is 0 Å². The number of hydrogen-bond acceptors (Lipinski definition) is 2. The molecule has 0 fully saturated rings. The van der Waals surface area contributed by atoms with E-state index in [9.17, 15) is 4.79 Å². The fourth-order valence-corrected chi connectivity index (χ4v) is 1.69. The van der Waals surface area contributed by atoms with Crippen molar-refractivity contribution in [2.75, 3.05) is 13.7 Å². The molecule has 0 aromatic heterocycles. The van der Waals surface area contributed by atoms with Crippen LogP contribution in [0.15, 0.2) is 35.9 Å². The van der Waals surface area contributed by atoms with Crippen LogP contribution in [0.4, 0.5) is 0 Å². The lowest BCUT2D eigenvalue weighted by molar-refractivity contribution is -0.117. The molecule has 0 bridgehead atoms. The minimum atomic E-state index is 0.0137. The summed E-state index contributed by atoms with van der Waals surface area (Å²) in [5.41, 5.74) is 1.94. The van der Waals surface area contributed by atoms with Crippen LogP contribution >= 0.6 is 0 Å². The molecular weight excluding hydrogens is 226 g/mol. The van der Waals surface area contributed by atoms with Gasteiger partial charge in [-0.1, -0.05) is 25.1 Å². The summed E-state index contributed by atoms with van der Waals surface area (Å²) >= 11 is 0. The van der Waals surface area contributed by atoms with Crippen molar-refractivity contribution < 1.29 is 9.53 Å². The molecule has 3 heteroatoms. The second-order valence-corrected chi connectivity index (χ2v) is 4.15. The Morgan fingerprint density at radius 3 is 2.89 bits per heavy atom. The molecule has 1 rings (SSSR count). The van der Waals surface area contributed by atoms with E-state index in [0.717, 1.165) is 29.7 Å². The van der Waals surface area contributed by atoms with Crippen molar-refractivity contribution in [3.63, 3.8) is 0 Å². The summed E-state index contributed by atoms with van der Waals surface area (Å²) in [6, 6.07) is 7.89. The standard InChI is InChI=1S/C15H21NO2/c1-4-6-12(2)15(17)16-10-9-13-7-5-8-14(11-13)18-3/h5-8,11H,4,9-10H2,1-3H3,(H,16,17). The monoisotopic (exact) mass is 247 g/mol. The number of hydrogen-bond donors (Lipinski definition) is 1. The molecular formula is C15H21NO2. The normalized spacial score (nSPS) is 11.2. The topological polar surface area (TPSA) is 38.3 Å². The van der Waals surface area contributed by atoms with Gasteiger partial charge in [0.05, 0.1) is 7.11 Å². The zero-order valence-electron chi connectivity index (χ0n) is 11.3. The quantitative estimate of drug-likeness (QED) is 0.785. The number of allylic oxidation sites excluding steroid dienone is 1. The maximum Gasteiger partial charge on any atom is 0.246 e. The molecule has 0 saturated carbocycles. The predicted molar refractivity (Wildman–Crippen MR) is 73.8 cm³/mol. The fourth-order valence-electron chi connectivity index (χ4n) is 1.69. The van der Waals surface area contributed by atoms with Gasteiger partial charge in [-0.15, -0.1) is 0 Å². The van der Waals surface area contributed by atoms with Crippen LogP contribution in [0.5, 0.6) is 5.75 Å². The van der Waals surface area contributed by atoms with Gasteiger partial charge in [-0.05, 0) is 37.5 Å². The zero-order valence-corrected chi connectivity index (χ0v) is 11.3. The summed E-state index contributed by atoms with van der Waals surface area (Å²) < 4.78 is 5.16. The first kappa shape index (κ1) is 14.3. The highest BCUT2D eigenvalue weighted by molar-refractivity contribution is 5.92. The first-order valence-electron chi connectivity index (χ1n) is 6.25. The fraction of sp³-hybridized carbons (Fsp3) is 0.400. The molecule has 0 aliphatic carbocycles. The second kappa shape index (κ2) is 7.54. The number of carbonyl (C=O) groups is 1. The molecule has 0 saturated heterocycles. The summed E-state index contributed by atoms with van der Waals surface area (Å²) in [4.78, 5) is 11.6.